The highest BCUT2D eigenvalue weighted by Gasteiger charge is 2.36. The van der Waals surface area contributed by atoms with E-state index in [1.165, 1.54) is 34.8 Å². The molecule has 1 aliphatic carbocycles. The summed E-state index contributed by atoms with van der Waals surface area (Å²) in [7, 11) is 0. The summed E-state index contributed by atoms with van der Waals surface area (Å²) in [6.07, 6.45) is 11.4. The predicted molar refractivity (Wildman–Crippen MR) is 135 cm³/mol. The monoisotopic (exact) mass is 443 g/mol. The number of ether oxygens (including phenoxy) is 1. The number of benzene rings is 2. The number of nitriles is 1. The Kier molecular flexibility index (Phi) is 9.31. The van der Waals surface area contributed by atoms with Gasteiger partial charge in [0, 0.05) is 6.08 Å². The molecule has 33 heavy (non-hydrogen) atoms. The highest BCUT2D eigenvalue weighted by molar-refractivity contribution is 5.81. The van der Waals surface area contributed by atoms with E-state index in [2.05, 4.69) is 68.1 Å². The van der Waals surface area contributed by atoms with Crippen LogP contribution < -0.4 is 0 Å². The zero-order valence-electron chi connectivity index (χ0n) is 20.0. The van der Waals surface area contributed by atoms with E-state index in [0.717, 1.165) is 57.8 Å². The highest BCUT2D eigenvalue weighted by atomic mass is 16.5. The summed E-state index contributed by atoms with van der Waals surface area (Å²) in [6.45, 7) is 6.05. The van der Waals surface area contributed by atoms with Crippen LogP contribution in [0.2, 0.25) is 0 Å². The quantitative estimate of drug-likeness (QED) is 0.202. The second-order valence-electron chi connectivity index (χ2n) is 9.44. The van der Waals surface area contributed by atoms with E-state index in [4.69, 9.17) is 4.74 Å². The maximum absolute atomic E-state index is 11.1. The van der Waals surface area contributed by atoms with Gasteiger partial charge >= 0.3 is 5.97 Å². The molecule has 0 aromatic heterocycles. The van der Waals surface area contributed by atoms with Crippen LogP contribution in [0.25, 0.3) is 11.1 Å². The van der Waals surface area contributed by atoms with Crippen molar-refractivity contribution in [3.05, 3.63) is 72.3 Å². The second kappa shape index (κ2) is 12.4. The second-order valence-corrected chi connectivity index (χ2v) is 9.44. The number of aryl methyl sites for hydroxylation is 1. The molecule has 0 N–H and O–H groups in total. The molecule has 0 amide bonds. The molecule has 2 aromatic carbocycles. The van der Waals surface area contributed by atoms with Crippen LogP contribution in [0.15, 0.2) is 61.2 Å². The summed E-state index contributed by atoms with van der Waals surface area (Å²) in [4.78, 5) is 11.1. The Morgan fingerprint density at radius 2 is 2.00 bits per heavy atom. The molecule has 3 heteroatoms. The topological polar surface area (TPSA) is 50.1 Å². The van der Waals surface area contributed by atoms with Crippen LogP contribution in [0.5, 0.6) is 0 Å². The molecule has 0 saturated heterocycles. The number of nitrogens with zero attached hydrogens (tertiary/aromatic N) is 1. The van der Waals surface area contributed by atoms with Crippen molar-refractivity contribution in [1.29, 1.82) is 5.26 Å². The number of hydrogen-bond donors (Lipinski definition) is 0. The van der Waals surface area contributed by atoms with E-state index in [1.54, 1.807) is 0 Å². The molecule has 0 aliphatic heterocycles. The third-order valence-electron chi connectivity index (χ3n) is 6.98. The van der Waals surface area contributed by atoms with Crippen LogP contribution >= 0.6 is 0 Å². The van der Waals surface area contributed by atoms with Crippen LogP contribution in [0.1, 0.15) is 81.8 Å². The Bertz CT molecular complexity index is 956. The Balaban J connectivity index is 1.60. The first-order valence-corrected chi connectivity index (χ1v) is 12.5. The Morgan fingerprint density at radius 1 is 1.18 bits per heavy atom. The lowest BCUT2D eigenvalue weighted by Crippen LogP contribution is -2.26. The zero-order chi connectivity index (χ0) is 23.5. The van der Waals surface area contributed by atoms with E-state index in [0.29, 0.717) is 12.5 Å². The third kappa shape index (κ3) is 7.06. The average molecular weight is 444 g/mol. The molecule has 1 saturated carbocycles. The molecule has 0 spiro atoms. The summed E-state index contributed by atoms with van der Waals surface area (Å²) in [5.41, 5.74) is 5.04. The fourth-order valence-electron chi connectivity index (χ4n) is 5.13. The van der Waals surface area contributed by atoms with Gasteiger partial charge in [0.2, 0.25) is 0 Å². The maximum atomic E-state index is 11.1. The number of unbranched alkanes of at least 4 members (excludes halogenated alkanes) is 2. The standard InChI is InChI=1S/C30H37NO2/c1-3-10-24-14-16-25(17-15-24)26-11-8-12-27(21-26)28-13-9-19-30(22-28,23-31)18-6-5-7-20-33-29(32)4-2/h4,8,11-12,14-17,21,28H,2-3,5-7,9-10,13,18-20,22H2,1H3. The molecule has 3 nitrogen and oxygen atoms in total. The Labute approximate surface area is 199 Å². The lowest BCUT2D eigenvalue weighted by molar-refractivity contribution is -0.137. The van der Waals surface area contributed by atoms with Gasteiger partial charge in [-0.25, -0.2) is 4.79 Å². The SMILES string of the molecule is C=CC(=O)OCCCCCC1(C#N)CCCC(c2cccc(-c3ccc(CCC)cc3)c2)C1. The lowest BCUT2D eigenvalue weighted by atomic mass is 9.66. The first-order chi connectivity index (χ1) is 16.1. The van der Waals surface area contributed by atoms with Crippen LogP contribution in [-0.2, 0) is 16.0 Å². The van der Waals surface area contributed by atoms with Gasteiger partial charge in [-0.15, -0.1) is 0 Å². The third-order valence-corrected chi connectivity index (χ3v) is 6.98. The van der Waals surface area contributed by atoms with Crippen LogP contribution in [0.3, 0.4) is 0 Å². The van der Waals surface area contributed by atoms with Crippen LogP contribution in [0.4, 0.5) is 0 Å². The minimum absolute atomic E-state index is 0.238. The summed E-state index contributed by atoms with van der Waals surface area (Å²) in [5, 5.41) is 10.1. The van der Waals surface area contributed by atoms with E-state index in [1.807, 2.05) is 0 Å². The summed E-state index contributed by atoms with van der Waals surface area (Å²) < 4.78 is 5.05. The van der Waals surface area contributed by atoms with Gasteiger partial charge in [-0.1, -0.05) is 87.7 Å². The molecule has 2 atom stereocenters. The fraction of sp³-hybridized carbons (Fsp3) is 0.467. The van der Waals surface area contributed by atoms with Crippen molar-refractivity contribution in [2.45, 2.75) is 77.0 Å². The Morgan fingerprint density at radius 3 is 2.73 bits per heavy atom. The Hall–Kier alpha value is -2.86. The summed E-state index contributed by atoms with van der Waals surface area (Å²) >= 11 is 0. The van der Waals surface area contributed by atoms with Crippen LogP contribution in [0, 0.1) is 16.7 Å². The molecule has 0 heterocycles. The van der Waals surface area contributed by atoms with Gasteiger partial charge in [0.15, 0.2) is 0 Å². The lowest BCUT2D eigenvalue weighted by Gasteiger charge is -2.36. The molecule has 0 bridgehead atoms. The molecule has 2 unspecified atom stereocenters. The van der Waals surface area contributed by atoms with E-state index in [9.17, 15) is 10.1 Å². The van der Waals surface area contributed by atoms with Gasteiger partial charge in [-0.2, -0.15) is 5.26 Å². The average Bonchev–Trinajstić information content (AvgIpc) is 2.87. The molecule has 3 rings (SSSR count). The van der Waals surface area contributed by atoms with Crippen molar-refractivity contribution in [2.24, 2.45) is 5.41 Å². The van der Waals surface area contributed by atoms with E-state index < -0.39 is 0 Å². The van der Waals surface area contributed by atoms with Gasteiger partial charge < -0.3 is 4.74 Å². The van der Waals surface area contributed by atoms with Gasteiger partial charge in [-0.3, -0.25) is 0 Å². The van der Waals surface area contributed by atoms with Crippen molar-refractivity contribution in [3.63, 3.8) is 0 Å². The fourth-order valence-corrected chi connectivity index (χ4v) is 5.13. The molecule has 174 valence electrons. The van der Waals surface area contributed by atoms with Crippen molar-refractivity contribution >= 4 is 5.97 Å². The number of esters is 1. The van der Waals surface area contributed by atoms with Crippen molar-refractivity contribution in [3.8, 4) is 17.2 Å². The van der Waals surface area contributed by atoms with E-state index in [-0.39, 0.29) is 11.4 Å². The summed E-state index contributed by atoms with van der Waals surface area (Å²) in [6, 6.07) is 20.6. The van der Waals surface area contributed by atoms with Gasteiger partial charge in [0.25, 0.3) is 0 Å². The highest BCUT2D eigenvalue weighted by Crippen LogP contribution is 2.47. The van der Waals surface area contributed by atoms with Gasteiger partial charge in [-0.05, 0) is 66.7 Å². The molecular formula is C30H37NO2. The maximum Gasteiger partial charge on any atom is 0.330 e. The molecule has 0 radical (unpaired) electrons. The molecule has 1 aliphatic rings. The number of rotatable bonds is 11. The van der Waals surface area contributed by atoms with Crippen molar-refractivity contribution in [1.82, 2.24) is 0 Å². The largest absolute Gasteiger partial charge is 0.463 e. The van der Waals surface area contributed by atoms with Gasteiger partial charge in [0.1, 0.15) is 0 Å². The van der Waals surface area contributed by atoms with Crippen molar-refractivity contribution in [2.75, 3.05) is 6.61 Å². The smallest absolute Gasteiger partial charge is 0.330 e. The number of hydrogen-bond acceptors (Lipinski definition) is 3. The van der Waals surface area contributed by atoms with Crippen molar-refractivity contribution < 1.29 is 9.53 Å². The van der Waals surface area contributed by atoms with Crippen LogP contribution in [-0.4, -0.2) is 12.6 Å². The number of carbonyl (C=O) groups excluding carboxylic acids is 1. The van der Waals surface area contributed by atoms with Gasteiger partial charge in [0.05, 0.1) is 18.1 Å². The van der Waals surface area contributed by atoms with E-state index >= 15 is 0 Å². The number of carbonyl (C=O) groups is 1. The minimum atomic E-state index is -0.363. The zero-order valence-corrected chi connectivity index (χ0v) is 20.0. The molecule has 1 fully saturated rings. The first kappa shape index (κ1) is 24.8. The predicted octanol–water partition coefficient (Wildman–Crippen LogP) is 7.76. The normalized spacial score (nSPS) is 20.1. The first-order valence-electron chi connectivity index (χ1n) is 12.5. The minimum Gasteiger partial charge on any atom is -0.463 e. The molecule has 2 aromatic rings. The summed E-state index contributed by atoms with van der Waals surface area (Å²) in [5.74, 6) is 0.0732. The molecular weight excluding hydrogens is 406 g/mol.